The van der Waals surface area contributed by atoms with Crippen molar-refractivity contribution in [3.05, 3.63) is 182 Å². The van der Waals surface area contributed by atoms with E-state index in [1.54, 1.807) is 0 Å². The molecule has 0 spiro atoms. The van der Waals surface area contributed by atoms with Gasteiger partial charge in [0.15, 0.2) is 5.82 Å². The molecule has 0 saturated carbocycles. The number of hydrogen-bond donors (Lipinski definition) is 0. The summed E-state index contributed by atoms with van der Waals surface area (Å²) < 4.78 is 0. The lowest BCUT2D eigenvalue weighted by Gasteiger charge is -2.18. The molecular formula is C46H30N2. The minimum Gasteiger partial charge on any atom is -0.228 e. The Balaban J connectivity index is 1.26. The zero-order chi connectivity index (χ0) is 31.9. The van der Waals surface area contributed by atoms with Gasteiger partial charge in [-0.05, 0) is 72.8 Å². The minimum atomic E-state index is 0.716. The van der Waals surface area contributed by atoms with Gasteiger partial charge in [0.2, 0.25) is 0 Å². The lowest BCUT2D eigenvalue weighted by Crippen LogP contribution is -1.96. The first-order valence-electron chi connectivity index (χ1n) is 16.3. The Labute approximate surface area is 279 Å². The van der Waals surface area contributed by atoms with Crippen LogP contribution in [0.25, 0.3) is 88.5 Å². The predicted octanol–water partition coefficient (Wildman–Crippen LogP) is 12.3. The van der Waals surface area contributed by atoms with Crippen LogP contribution >= 0.6 is 0 Å². The number of rotatable bonds is 5. The average molecular weight is 611 g/mol. The van der Waals surface area contributed by atoms with E-state index in [1.165, 1.54) is 49.0 Å². The number of aromatic nitrogens is 2. The Hall–Kier alpha value is -6.38. The molecule has 0 unspecified atom stereocenters. The molecule has 224 valence electrons. The quantitative estimate of drug-likeness (QED) is 0.181. The highest BCUT2D eigenvalue weighted by Gasteiger charge is 2.18. The highest BCUT2D eigenvalue weighted by Crippen LogP contribution is 2.44. The summed E-state index contributed by atoms with van der Waals surface area (Å²) in [6.45, 7) is 0. The van der Waals surface area contributed by atoms with Gasteiger partial charge in [0, 0.05) is 16.7 Å². The van der Waals surface area contributed by atoms with Crippen molar-refractivity contribution >= 4 is 32.3 Å². The fourth-order valence-corrected chi connectivity index (χ4v) is 7.00. The van der Waals surface area contributed by atoms with Gasteiger partial charge in [0.1, 0.15) is 0 Å². The third kappa shape index (κ3) is 4.92. The van der Waals surface area contributed by atoms with Gasteiger partial charge in [-0.2, -0.15) is 0 Å². The zero-order valence-corrected chi connectivity index (χ0v) is 26.2. The van der Waals surface area contributed by atoms with E-state index in [9.17, 15) is 0 Å². The molecule has 0 amide bonds. The second-order valence-corrected chi connectivity index (χ2v) is 12.2. The van der Waals surface area contributed by atoms with Crippen molar-refractivity contribution in [3.63, 3.8) is 0 Å². The number of fused-ring (bicyclic) bond motifs is 3. The van der Waals surface area contributed by atoms with E-state index in [-0.39, 0.29) is 0 Å². The minimum absolute atomic E-state index is 0.716. The molecule has 8 aromatic carbocycles. The van der Waals surface area contributed by atoms with Gasteiger partial charge in [-0.15, -0.1) is 0 Å². The second kappa shape index (κ2) is 11.8. The maximum absolute atomic E-state index is 5.13. The summed E-state index contributed by atoms with van der Waals surface area (Å²) in [5, 5.41) is 7.44. The van der Waals surface area contributed by atoms with Gasteiger partial charge in [-0.25, -0.2) is 9.97 Å². The standard InChI is InChI=1S/C46H30N2/c1-3-15-32(16-4-1)42-30-43(48-46(47-42)33-17-5-2-6-18-33)35-20-13-21-36(29-35)44-38-22-9-11-24-40(38)45(41-25-12-10-23-39(41)44)37-27-26-31-14-7-8-19-34(31)28-37/h1-30H. The SMILES string of the molecule is c1ccc(-c2cc(-c3cccc(-c4c5ccccc5c(-c5ccc6ccccc6c5)c5ccccc45)c3)nc(-c3ccccc3)n2)cc1. The molecule has 9 aromatic rings. The van der Waals surface area contributed by atoms with Gasteiger partial charge >= 0.3 is 0 Å². The number of hydrogen-bond acceptors (Lipinski definition) is 2. The molecule has 0 fully saturated rings. The molecule has 2 nitrogen and oxygen atoms in total. The Morgan fingerprint density at radius 3 is 1.35 bits per heavy atom. The highest BCUT2D eigenvalue weighted by atomic mass is 14.9. The van der Waals surface area contributed by atoms with E-state index in [4.69, 9.17) is 9.97 Å². The molecule has 0 N–H and O–H groups in total. The van der Waals surface area contributed by atoms with Gasteiger partial charge in [0.25, 0.3) is 0 Å². The summed E-state index contributed by atoms with van der Waals surface area (Å²) in [5.41, 5.74) is 9.79. The molecule has 2 heteroatoms. The Morgan fingerprint density at radius 1 is 0.271 bits per heavy atom. The van der Waals surface area contributed by atoms with E-state index < -0.39 is 0 Å². The van der Waals surface area contributed by atoms with Crippen molar-refractivity contribution in [3.8, 4) is 56.2 Å². The van der Waals surface area contributed by atoms with E-state index in [0.717, 1.165) is 33.6 Å². The number of nitrogens with zero attached hydrogens (tertiary/aromatic N) is 2. The summed E-state index contributed by atoms with van der Waals surface area (Å²) in [5.74, 6) is 0.716. The molecule has 0 aliphatic heterocycles. The van der Waals surface area contributed by atoms with E-state index >= 15 is 0 Å². The van der Waals surface area contributed by atoms with Crippen LogP contribution < -0.4 is 0 Å². The third-order valence-corrected chi connectivity index (χ3v) is 9.24. The lowest BCUT2D eigenvalue weighted by atomic mass is 9.85. The third-order valence-electron chi connectivity index (χ3n) is 9.24. The van der Waals surface area contributed by atoms with Crippen molar-refractivity contribution in [2.45, 2.75) is 0 Å². The fourth-order valence-electron chi connectivity index (χ4n) is 7.00. The van der Waals surface area contributed by atoms with Crippen molar-refractivity contribution in [2.75, 3.05) is 0 Å². The van der Waals surface area contributed by atoms with Gasteiger partial charge in [-0.3, -0.25) is 0 Å². The van der Waals surface area contributed by atoms with Gasteiger partial charge in [-0.1, -0.05) is 164 Å². The highest BCUT2D eigenvalue weighted by molar-refractivity contribution is 6.21. The topological polar surface area (TPSA) is 25.8 Å². The molecule has 0 bridgehead atoms. The molecule has 0 saturated heterocycles. The van der Waals surface area contributed by atoms with Crippen LogP contribution in [0, 0.1) is 0 Å². The van der Waals surface area contributed by atoms with Crippen LogP contribution in [-0.2, 0) is 0 Å². The predicted molar refractivity (Wildman–Crippen MR) is 202 cm³/mol. The molecule has 0 atom stereocenters. The first kappa shape index (κ1) is 27.9. The fraction of sp³-hybridized carbons (Fsp3) is 0. The van der Waals surface area contributed by atoms with Crippen LogP contribution in [0.4, 0.5) is 0 Å². The molecular weight excluding hydrogens is 581 g/mol. The molecule has 9 rings (SSSR count). The first-order valence-corrected chi connectivity index (χ1v) is 16.3. The van der Waals surface area contributed by atoms with Crippen LogP contribution in [0.5, 0.6) is 0 Å². The maximum Gasteiger partial charge on any atom is 0.160 e. The first-order chi connectivity index (χ1) is 23.8. The summed E-state index contributed by atoms with van der Waals surface area (Å²) in [7, 11) is 0. The van der Waals surface area contributed by atoms with Crippen LogP contribution in [0.15, 0.2) is 182 Å². The Morgan fingerprint density at radius 2 is 0.729 bits per heavy atom. The molecule has 0 radical (unpaired) electrons. The van der Waals surface area contributed by atoms with Gasteiger partial charge in [0.05, 0.1) is 11.4 Å². The summed E-state index contributed by atoms with van der Waals surface area (Å²) in [6.07, 6.45) is 0. The van der Waals surface area contributed by atoms with E-state index in [1.807, 2.05) is 24.3 Å². The van der Waals surface area contributed by atoms with E-state index in [0.29, 0.717) is 5.82 Å². The smallest absolute Gasteiger partial charge is 0.160 e. The summed E-state index contributed by atoms with van der Waals surface area (Å²) in [6, 6.07) is 64.6. The largest absolute Gasteiger partial charge is 0.228 e. The van der Waals surface area contributed by atoms with Crippen molar-refractivity contribution in [2.24, 2.45) is 0 Å². The van der Waals surface area contributed by atoms with Crippen LogP contribution in [0.2, 0.25) is 0 Å². The van der Waals surface area contributed by atoms with Crippen LogP contribution in [-0.4, -0.2) is 9.97 Å². The molecule has 1 aromatic heterocycles. The van der Waals surface area contributed by atoms with Gasteiger partial charge < -0.3 is 0 Å². The van der Waals surface area contributed by atoms with Crippen LogP contribution in [0.3, 0.4) is 0 Å². The summed E-state index contributed by atoms with van der Waals surface area (Å²) >= 11 is 0. The second-order valence-electron chi connectivity index (χ2n) is 12.2. The molecule has 1 heterocycles. The average Bonchev–Trinajstić information content (AvgIpc) is 3.17. The van der Waals surface area contributed by atoms with Crippen molar-refractivity contribution in [1.82, 2.24) is 9.97 Å². The van der Waals surface area contributed by atoms with E-state index in [2.05, 4.69) is 158 Å². The molecule has 48 heavy (non-hydrogen) atoms. The number of benzene rings is 8. The monoisotopic (exact) mass is 610 g/mol. The summed E-state index contributed by atoms with van der Waals surface area (Å²) in [4.78, 5) is 10.1. The van der Waals surface area contributed by atoms with Crippen molar-refractivity contribution < 1.29 is 0 Å². The maximum atomic E-state index is 5.13. The van der Waals surface area contributed by atoms with Crippen molar-refractivity contribution in [1.29, 1.82) is 0 Å². The molecule has 0 aliphatic rings. The normalized spacial score (nSPS) is 11.3. The van der Waals surface area contributed by atoms with Crippen LogP contribution in [0.1, 0.15) is 0 Å². The molecule has 0 aliphatic carbocycles. The zero-order valence-electron chi connectivity index (χ0n) is 26.2. The lowest BCUT2D eigenvalue weighted by molar-refractivity contribution is 1.18. The Kier molecular flexibility index (Phi) is 6.84. The Bertz CT molecular complexity index is 2490.